The molecule has 0 spiro atoms. The zero-order valence-electron chi connectivity index (χ0n) is 9.53. The molecular weight excluding hydrogens is 204 g/mol. The summed E-state index contributed by atoms with van der Waals surface area (Å²) in [4.78, 5) is 19.9. The topological polar surface area (TPSA) is 66.9 Å². The van der Waals surface area contributed by atoms with Gasteiger partial charge in [-0.2, -0.15) is 0 Å². The highest BCUT2D eigenvalue weighted by Crippen LogP contribution is 2.33. The van der Waals surface area contributed by atoms with Crippen molar-refractivity contribution in [1.29, 1.82) is 0 Å². The second-order valence-electron chi connectivity index (χ2n) is 4.02. The standard InChI is InChI=1S/C11H16N4O/c1-3-7-4-8(7)15-11(16)9-5-13-6-10(12-2)14-9/h5-8H,3-4H2,1-2H3,(H,12,14)(H,15,16). The molecule has 1 amide bonds. The minimum Gasteiger partial charge on any atom is -0.372 e. The minimum atomic E-state index is -0.134. The molecule has 0 bridgehead atoms. The summed E-state index contributed by atoms with van der Waals surface area (Å²) in [5.41, 5.74) is 0.369. The van der Waals surface area contributed by atoms with E-state index in [4.69, 9.17) is 0 Å². The molecule has 1 aliphatic rings. The number of nitrogens with zero attached hydrogens (tertiary/aromatic N) is 2. The van der Waals surface area contributed by atoms with Gasteiger partial charge in [0.15, 0.2) is 0 Å². The molecule has 1 aliphatic carbocycles. The van der Waals surface area contributed by atoms with Gasteiger partial charge in [0, 0.05) is 13.1 Å². The van der Waals surface area contributed by atoms with Crippen molar-refractivity contribution in [1.82, 2.24) is 15.3 Å². The molecule has 1 aromatic heterocycles. The van der Waals surface area contributed by atoms with Gasteiger partial charge in [-0.3, -0.25) is 9.78 Å². The largest absolute Gasteiger partial charge is 0.372 e. The van der Waals surface area contributed by atoms with Gasteiger partial charge in [-0.05, 0) is 12.3 Å². The second-order valence-corrected chi connectivity index (χ2v) is 4.02. The van der Waals surface area contributed by atoms with E-state index in [1.807, 2.05) is 0 Å². The molecule has 1 heterocycles. The van der Waals surface area contributed by atoms with Crippen molar-refractivity contribution in [3.05, 3.63) is 18.1 Å². The zero-order valence-corrected chi connectivity index (χ0v) is 9.53. The molecule has 1 aromatic rings. The van der Waals surface area contributed by atoms with Crippen LogP contribution in [0.15, 0.2) is 12.4 Å². The van der Waals surface area contributed by atoms with E-state index in [2.05, 4.69) is 27.5 Å². The van der Waals surface area contributed by atoms with Gasteiger partial charge < -0.3 is 10.6 Å². The summed E-state index contributed by atoms with van der Waals surface area (Å²) in [6, 6.07) is 0.331. The summed E-state index contributed by atoms with van der Waals surface area (Å²) in [7, 11) is 1.75. The van der Waals surface area contributed by atoms with Gasteiger partial charge in [0.25, 0.3) is 5.91 Å². The Morgan fingerprint density at radius 1 is 1.56 bits per heavy atom. The third-order valence-corrected chi connectivity index (χ3v) is 2.89. The molecule has 2 N–H and O–H groups in total. The lowest BCUT2D eigenvalue weighted by molar-refractivity contribution is 0.0943. The van der Waals surface area contributed by atoms with Crippen LogP contribution in [0.25, 0.3) is 0 Å². The van der Waals surface area contributed by atoms with Crippen molar-refractivity contribution >= 4 is 11.7 Å². The number of amides is 1. The number of carbonyl (C=O) groups is 1. The van der Waals surface area contributed by atoms with Crippen LogP contribution < -0.4 is 10.6 Å². The van der Waals surface area contributed by atoms with E-state index in [0.717, 1.165) is 12.8 Å². The summed E-state index contributed by atoms with van der Waals surface area (Å²) in [6.07, 6.45) is 5.27. The lowest BCUT2D eigenvalue weighted by atomic mass is 10.3. The third-order valence-electron chi connectivity index (χ3n) is 2.89. The van der Waals surface area contributed by atoms with Gasteiger partial charge in [0.2, 0.25) is 0 Å². The van der Waals surface area contributed by atoms with Crippen LogP contribution in [0.5, 0.6) is 0 Å². The maximum atomic E-state index is 11.8. The van der Waals surface area contributed by atoms with Crippen LogP contribution in [0.4, 0.5) is 5.82 Å². The van der Waals surface area contributed by atoms with Crippen LogP contribution >= 0.6 is 0 Å². The Morgan fingerprint density at radius 2 is 2.38 bits per heavy atom. The number of hydrogen-bond donors (Lipinski definition) is 2. The van der Waals surface area contributed by atoms with Gasteiger partial charge in [-0.25, -0.2) is 4.98 Å². The van der Waals surface area contributed by atoms with Crippen LogP contribution in [0.2, 0.25) is 0 Å². The number of hydrogen-bond acceptors (Lipinski definition) is 4. The van der Waals surface area contributed by atoms with Crippen LogP contribution in [0.3, 0.4) is 0 Å². The molecule has 2 unspecified atom stereocenters. The fourth-order valence-electron chi connectivity index (χ4n) is 1.71. The average molecular weight is 220 g/mol. The highest BCUT2D eigenvalue weighted by Gasteiger charge is 2.36. The Morgan fingerprint density at radius 3 is 3.00 bits per heavy atom. The third kappa shape index (κ3) is 2.29. The monoisotopic (exact) mass is 220 g/mol. The molecular formula is C11H16N4O. The molecule has 1 saturated carbocycles. The molecule has 5 nitrogen and oxygen atoms in total. The highest BCUT2D eigenvalue weighted by molar-refractivity contribution is 5.92. The summed E-state index contributed by atoms with van der Waals surface area (Å²) in [6.45, 7) is 2.14. The Balaban J connectivity index is 1.98. The van der Waals surface area contributed by atoms with Gasteiger partial charge in [0.05, 0.1) is 12.4 Å². The van der Waals surface area contributed by atoms with Crippen molar-refractivity contribution in [2.45, 2.75) is 25.8 Å². The SMILES string of the molecule is CCC1CC1NC(=O)c1cncc(NC)n1. The average Bonchev–Trinajstić information content (AvgIpc) is 3.07. The predicted octanol–water partition coefficient (Wildman–Crippen LogP) is 1.05. The minimum absolute atomic E-state index is 0.134. The van der Waals surface area contributed by atoms with Crippen molar-refractivity contribution in [3.63, 3.8) is 0 Å². The Hall–Kier alpha value is -1.65. The van der Waals surface area contributed by atoms with E-state index < -0.39 is 0 Å². The van der Waals surface area contributed by atoms with Crippen molar-refractivity contribution < 1.29 is 4.79 Å². The number of rotatable bonds is 4. The molecule has 1 fully saturated rings. The van der Waals surface area contributed by atoms with Gasteiger partial charge in [-0.1, -0.05) is 13.3 Å². The second kappa shape index (κ2) is 4.47. The molecule has 2 rings (SSSR count). The summed E-state index contributed by atoms with van der Waals surface area (Å²) in [5.74, 6) is 1.12. The van der Waals surface area contributed by atoms with Gasteiger partial charge >= 0.3 is 0 Å². The van der Waals surface area contributed by atoms with Gasteiger partial charge in [0.1, 0.15) is 11.5 Å². The molecule has 0 aromatic carbocycles. The lowest BCUT2D eigenvalue weighted by Gasteiger charge is -2.04. The highest BCUT2D eigenvalue weighted by atomic mass is 16.2. The molecule has 0 saturated heterocycles. The van der Waals surface area contributed by atoms with Crippen LogP contribution in [0, 0.1) is 5.92 Å². The first-order valence-corrected chi connectivity index (χ1v) is 5.55. The van der Waals surface area contributed by atoms with Crippen molar-refractivity contribution in [3.8, 4) is 0 Å². The zero-order chi connectivity index (χ0) is 11.5. The van der Waals surface area contributed by atoms with Crippen LogP contribution in [-0.4, -0.2) is 29.0 Å². The first kappa shape index (κ1) is 10.9. The quantitative estimate of drug-likeness (QED) is 0.795. The Kier molecular flexibility index (Phi) is 3.03. The molecule has 16 heavy (non-hydrogen) atoms. The summed E-state index contributed by atoms with van der Waals surface area (Å²) >= 11 is 0. The predicted molar refractivity (Wildman–Crippen MR) is 61.2 cm³/mol. The molecule has 86 valence electrons. The van der Waals surface area contributed by atoms with E-state index in [-0.39, 0.29) is 5.91 Å². The van der Waals surface area contributed by atoms with Crippen molar-refractivity contribution in [2.75, 3.05) is 12.4 Å². The van der Waals surface area contributed by atoms with E-state index in [1.165, 1.54) is 6.20 Å². The number of carbonyl (C=O) groups excluding carboxylic acids is 1. The van der Waals surface area contributed by atoms with E-state index in [0.29, 0.717) is 23.5 Å². The smallest absolute Gasteiger partial charge is 0.271 e. The maximum Gasteiger partial charge on any atom is 0.271 e. The van der Waals surface area contributed by atoms with Crippen LogP contribution in [0.1, 0.15) is 30.3 Å². The Bertz CT molecular complexity index is 393. The molecule has 5 heteroatoms. The number of aromatic nitrogens is 2. The summed E-state index contributed by atoms with van der Waals surface area (Å²) < 4.78 is 0. The fraction of sp³-hybridized carbons (Fsp3) is 0.545. The Labute approximate surface area is 94.7 Å². The molecule has 2 atom stereocenters. The lowest BCUT2D eigenvalue weighted by Crippen LogP contribution is -2.27. The summed E-state index contributed by atoms with van der Waals surface area (Å²) in [5, 5.41) is 5.81. The van der Waals surface area contributed by atoms with E-state index >= 15 is 0 Å². The maximum absolute atomic E-state index is 11.8. The molecule has 0 aliphatic heterocycles. The normalized spacial score (nSPS) is 22.6. The van der Waals surface area contributed by atoms with E-state index in [9.17, 15) is 4.79 Å². The van der Waals surface area contributed by atoms with Crippen molar-refractivity contribution in [2.24, 2.45) is 5.92 Å². The fourth-order valence-corrected chi connectivity index (χ4v) is 1.71. The van der Waals surface area contributed by atoms with Gasteiger partial charge in [-0.15, -0.1) is 0 Å². The first-order chi connectivity index (χ1) is 7.74. The first-order valence-electron chi connectivity index (χ1n) is 5.55. The number of nitrogens with one attached hydrogen (secondary N) is 2. The molecule has 0 radical (unpaired) electrons. The van der Waals surface area contributed by atoms with E-state index in [1.54, 1.807) is 13.2 Å². The van der Waals surface area contributed by atoms with Crippen LogP contribution in [-0.2, 0) is 0 Å². The number of anilines is 1.